The third-order valence-electron chi connectivity index (χ3n) is 2.19. The van der Waals surface area contributed by atoms with Gasteiger partial charge in [-0.15, -0.1) is 0 Å². The topological polar surface area (TPSA) is 12.0 Å². The molecule has 0 aliphatic heterocycles. The van der Waals surface area contributed by atoms with Crippen molar-refractivity contribution in [1.82, 2.24) is 5.32 Å². The van der Waals surface area contributed by atoms with E-state index in [1.165, 1.54) is 5.56 Å². The van der Waals surface area contributed by atoms with E-state index < -0.39 is 0 Å². The Balaban J connectivity index is 2.61. The highest BCUT2D eigenvalue weighted by atomic mass is 79.9. The van der Waals surface area contributed by atoms with Crippen LogP contribution in [0.25, 0.3) is 0 Å². The van der Waals surface area contributed by atoms with Crippen molar-refractivity contribution in [1.29, 1.82) is 0 Å². The minimum atomic E-state index is 0.389. The highest BCUT2D eigenvalue weighted by molar-refractivity contribution is 9.11. The molecule has 0 fully saturated rings. The lowest BCUT2D eigenvalue weighted by Crippen LogP contribution is -2.21. The standard InChI is InChI=1S/C11H15Br2NS/c1-8(14-5-6-15-2)10-4-3-9(12)7-11(10)13/h3-4,7-8,14H,5-6H2,1-2H3. The van der Waals surface area contributed by atoms with Crippen LogP contribution in [0.5, 0.6) is 0 Å². The minimum absolute atomic E-state index is 0.389. The van der Waals surface area contributed by atoms with E-state index in [9.17, 15) is 0 Å². The second kappa shape index (κ2) is 6.94. The lowest BCUT2D eigenvalue weighted by atomic mass is 10.1. The molecule has 4 heteroatoms. The van der Waals surface area contributed by atoms with Crippen LogP contribution in [-0.2, 0) is 0 Å². The molecule has 84 valence electrons. The quantitative estimate of drug-likeness (QED) is 0.796. The Hall–Kier alpha value is 0.490. The molecule has 1 nitrogen and oxygen atoms in total. The predicted octanol–water partition coefficient (Wildman–Crippen LogP) is 4.23. The zero-order valence-electron chi connectivity index (χ0n) is 8.89. The summed E-state index contributed by atoms with van der Waals surface area (Å²) in [5.41, 5.74) is 1.30. The fourth-order valence-corrected chi connectivity index (χ4v) is 3.05. The van der Waals surface area contributed by atoms with Crippen molar-refractivity contribution in [3.05, 3.63) is 32.7 Å². The number of nitrogens with one attached hydrogen (secondary N) is 1. The summed E-state index contributed by atoms with van der Waals surface area (Å²) < 4.78 is 2.26. The van der Waals surface area contributed by atoms with E-state index in [0.29, 0.717) is 6.04 Å². The molecule has 1 atom stereocenters. The van der Waals surface area contributed by atoms with E-state index in [4.69, 9.17) is 0 Å². The van der Waals surface area contributed by atoms with Crippen LogP contribution in [0.4, 0.5) is 0 Å². The first kappa shape index (κ1) is 13.6. The molecule has 1 unspecified atom stereocenters. The number of thioether (sulfide) groups is 1. The van der Waals surface area contributed by atoms with Gasteiger partial charge in [0.25, 0.3) is 0 Å². The molecule has 0 aliphatic rings. The summed E-state index contributed by atoms with van der Waals surface area (Å²) in [7, 11) is 0. The smallest absolute Gasteiger partial charge is 0.0303 e. The van der Waals surface area contributed by atoms with Crippen LogP contribution in [-0.4, -0.2) is 18.6 Å². The molecule has 0 spiro atoms. The fraction of sp³-hybridized carbons (Fsp3) is 0.455. The van der Waals surface area contributed by atoms with Gasteiger partial charge in [0.15, 0.2) is 0 Å². The van der Waals surface area contributed by atoms with Gasteiger partial charge in [-0.05, 0) is 30.9 Å². The first-order valence-corrected chi connectivity index (χ1v) is 7.80. The van der Waals surface area contributed by atoms with E-state index in [1.807, 2.05) is 11.8 Å². The minimum Gasteiger partial charge on any atom is -0.309 e. The molecular formula is C11H15Br2NS. The number of hydrogen-bond acceptors (Lipinski definition) is 2. The molecule has 1 aromatic carbocycles. The summed E-state index contributed by atoms with van der Waals surface area (Å²) in [4.78, 5) is 0. The summed E-state index contributed by atoms with van der Waals surface area (Å²) in [5, 5.41) is 3.49. The van der Waals surface area contributed by atoms with Crippen molar-refractivity contribution >= 4 is 43.6 Å². The van der Waals surface area contributed by atoms with Gasteiger partial charge in [-0.2, -0.15) is 11.8 Å². The van der Waals surface area contributed by atoms with Gasteiger partial charge in [0.05, 0.1) is 0 Å². The first-order valence-electron chi connectivity index (χ1n) is 4.82. The summed E-state index contributed by atoms with van der Waals surface area (Å²) in [6.07, 6.45) is 2.13. The monoisotopic (exact) mass is 351 g/mol. The van der Waals surface area contributed by atoms with Crippen LogP contribution in [0.15, 0.2) is 27.1 Å². The Kier molecular flexibility index (Phi) is 6.27. The van der Waals surface area contributed by atoms with Crippen LogP contribution in [0.2, 0.25) is 0 Å². The summed E-state index contributed by atoms with van der Waals surface area (Å²) in [6, 6.07) is 6.69. The normalized spacial score (nSPS) is 12.8. The van der Waals surface area contributed by atoms with Crippen molar-refractivity contribution in [2.45, 2.75) is 13.0 Å². The van der Waals surface area contributed by atoms with Crippen LogP contribution >= 0.6 is 43.6 Å². The van der Waals surface area contributed by atoms with Gasteiger partial charge in [0.2, 0.25) is 0 Å². The van der Waals surface area contributed by atoms with Crippen molar-refractivity contribution in [3.63, 3.8) is 0 Å². The zero-order chi connectivity index (χ0) is 11.3. The number of halogens is 2. The lowest BCUT2D eigenvalue weighted by Gasteiger charge is -2.15. The first-order chi connectivity index (χ1) is 7.15. The van der Waals surface area contributed by atoms with E-state index >= 15 is 0 Å². The summed E-state index contributed by atoms with van der Waals surface area (Å²) >= 11 is 8.90. The molecule has 0 amide bonds. The maximum Gasteiger partial charge on any atom is 0.0303 e. The lowest BCUT2D eigenvalue weighted by molar-refractivity contribution is 0.599. The Labute approximate surface area is 113 Å². The third-order valence-corrected chi connectivity index (χ3v) is 3.98. The van der Waals surface area contributed by atoms with E-state index in [0.717, 1.165) is 21.2 Å². The Morgan fingerprint density at radius 3 is 2.73 bits per heavy atom. The van der Waals surface area contributed by atoms with E-state index in [2.05, 4.69) is 68.6 Å². The van der Waals surface area contributed by atoms with E-state index in [-0.39, 0.29) is 0 Å². The Morgan fingerprint density at radius 2 is 2.13 bits per heavy atom. The fourth-order valence-electron chi connectivity index (χ4n) is 1.34. The van der Waals surface area contributed by atoms with E-state index in [1.54, 1.807) is 0 Å². The number of rotatable bonds is 5. The summed E-state index contributed by atoms with van der Waals surface area (Å²) in [6.45, 7) is 3.24. The van der Waals surface area contributed by atoms with Crippen LogP contribution in [0.1, 0.15) is 18.5 Å². The molecule has 15 heavy (non-hydrogen) atoms. The average Bonchev–Trinajstić information content (AvgIpc) is 2.17. The van der Waals surface area contributed by atoms with Gasteiger partial charge in [-0.25, -0.2) is 0 Å². The maximum absolute atomic E-state index is 3.58. The van der Waals surface area contributed by atoms with Gasteiger partial charge in [-0.1, -0.05) is 37.9 Å². The number of hydrogen-bond donors (Lipinski definition) is 1. The van der Waals surface area contributed by atoms with Crippen LogP contribution < -0.4 is 5.32 Å². The molecule has 1 rings (SSSR count). The highest BCUT2D eigenvalue weighted by Crippen LogP contribution is 2.26. The van der Waals surface area contributed by atoms with Crippen molar-refractivity contribution in [2.75, 3.05) is 18.6 Å². The Bertz CT molecular complexity index is 317. The largest absolute Gasteiger partial charge is 0.309 e. The van der Waals surface area contributed by atoms with Gasteiger partial charge < -0.3 is 5.32 Å². The van der Waals surface area contributed by atoms with Gasteiger partial charge in [0.1, 0.15) is 0 Å². The molecule has 0 aliphatic carbocycles. The number of benzene rings is 1. The third kappa shape index (κ3) is 4.47. The zero-order valence-corrected chi connectivity index (χ0v) is 12.9. The molecule has 0 saturated carbocycles. The SMILES string of the molecule is CSCCNC(C)c1ccc(Br)cc1Br. The molecule has 1 N–H and O–H groups in total. The van der Waals surface area contributed by atoms with Crippen LogP contribution in [0, 0.1) is 0 Å². The van der Waals surface area contributed by atoms with Crippen LogP contribution in [0.3, 0.4) is 0 Å². The average molecular weight is 353 g/mol. The molecule has 0 heterocycles. The van der Waals surface area contributed by atoms with Crippen molar-refractivity contribution < 1.29 is 0 Å². The summed E-state index contributed by atoms with van der Waals surface area (Å²) in [5.74, 6) is 1.15. The molecule has 0 bridgehead atoms. The second-order valence-corrected chi connectivity index (χ2v) is 6.09. The van der Waals surface area contributed by atoms with Crippen molar-refractivity contribution in [3.8, 4) is 0 Å². The van der Waals surface area contributed by atoms with Gasteiger partial charge >= 0.3 is 0 Å². The van der Waals surface area contributed by atoms with Gasteiger partial charge in [0, 0.05) is 27.3 Å². The predicted molar refractivity (Wildman–Crippen MR) is 76.6 cm³/mol. The molecular weight excluding hydrogens is 338 g/mol. The molecule has 0 saturated heterocycles. The molecule has 0 aromatic heterocycles. The second-order valence-electron chi connectivity index (χ2n) is 3.33. The maximum atomic E-state index is 3.58. The molecule has 0 radical (unpaired) electrons. The molecule has 1 aromatic rings. The van der Waals surface area contributed by atoms with Crippen molar-refractivity contribution in [2.24, 2.45) is 0 Å². The highest BCUT2D eigenvalue weighted by Gasteiger charge is 2.08. The van der Waals surface area contributed by atoms with Gasteiger partial charge in [-0.3, -0.25) is 0 Å². The Morgan fingerprint density at radius 1 is 1.40 bits per heavy atom.